The molecule has 2 aromatic rings. The first kappa shape index (κ1) is 17.0. The van der Waals surface area contributed by atoms with E-state index in [1.165, 1.54) is 0 Å². The van der Waals surface area contributed by atoms with Gasteiger partial charge in [0.2, 0.25) is 5.91 Å². The summed E-state index contributed by atoms with van der Waals surface area (Å²) in [5, 5.41) is 12.3. The lowest BCUT2D eigenvalue weighted by Crippen LogP contribution is -2.37. The lowest BCUT2D eigenvalue weighted by molar-refractivity contribution is -0.129. The van der Waals surface area contributed by atoms with Gasteiger partial charge in [-0.1, -0.05) is 24.3 Å². The first-order chi connectivity index (χ1) is 12.2. The van der Waals surface area contributed by atoms with Crippen LogP contribution < -0.4 is 10.1 Å². The predicted octanol–water partition coefficient (Wildman–Crippen LogP) is 2.46. The van der Waals surface area contributed by atoms with E-state index in [9.17, 15) is 4.79 Å². The van der Waals surface area contributed by atoms with Crippen molar-refractivity contribution in [1.29, 1.82) is 5.26 Å². The van der Waals surface area contributed by atoms with Crippen LogP contribution in [0.1, 0.15) is 23.1 Å². The van der Waals surface area contributed by atoms with Crippen molar-refractivity contribution < 1.29 is 9.53 Å². The highest BCUT2D eigenvalue weighted by molar-refractivity contribution is 5.84. The molecule has 25 heavy (non-hydrogen) atoms. The third-order valence-corrected chi connectivity index (χ3v) is 4.44. The van der Waals surface area contributed by atoms with Crippen molar-refractivity contribution in [3.05, 3.63) is 65.2 Å². The number of hydrogen-bond donors (Lipinski definition) is 1. The molecule has 1 amide bonds. The molecular formula is C20H21N3O2. The largest absolute Gasteiger partial charge is 0.497 e. The van der Waals surface area contributed by atoms with Gasteiger partial charge >= 0.3 is 0 Å². The Morgan fingerprint density at radius 3 is 2.76 bits per heavy atom. The van der Waals surface area contributed by atoms with Gasteiger partial charge in [0.25, 0.3) is 0 Å². The summed E-state index contributed by atoms with van der Waals surface area (Å²) in [5.74, 6) is 0.947. The summed E-state index contributed by atoms with van der Waals surface area (Å²) in [7, 11) is 1.64. The number of carbonyl (C=O) groups is 1. The molecule has 0 aromatic heterocycles. The maximum atomic E-state index is 12.6. The topological polar surface area (TPSA) is 65.4 Å². The Labute approximate surface area is 147 Å². The third kappa shape index (κ3) is 4.17. The van der Waals surface area contributed by atoms with E-state index in [-0.39, 0.29) is 11.9 Å². The fourth-order valence-electron chi connectivity index (χ4n) is 3.03. The van der Waals surface area contributed by atoms with E-state index < -0.39 is 0 Å². The number of benzene rings is 2. The molecule has 1 aliphatic heterocycles. The molecule has 2 aromatic carbocycles. The van der Waals surface area contributed by atoms with Gasteiger partial charge in [-0.15, -0.1) is 0 Å². The van der Waals surface area contributed by atoms with E-state index in [2.05, 4.69) is 11.4 Å². The monoisotopic (exact) mass is 335 g/mol. The zero-order valence-electron chi connectivity index (χ0n) is 14.2. The van der Waals surface area contributed by atoms with Crippen molar-refractivity contribution in [3.8, 4) is 11.8 Å². The number of nitrogens with zero attached hydrogens (tertiary/aromatic N) is 2. The van der Waals surface area contributed by atoms with E-state index in [0.717, 1.165) is 29.8 Å². The Morgan fingerprint density at radius 1 is 1.24 bits per heavy atom. The molecule has 1 aliphatic rings. The molecule has 0 bridgehead atoms. The minimum atomic E-state index is -0.152. The number of carbonyl (C=O) groups excluding carboxylic acids is 1. The average molecular weight is 335 g/mol. The second-order valence-electron chi connectivity index (χ2n) is 6.14. The fourth-order valence-corrected chi connectivity index (χ4v) is 3.03. The normalized spacial score (nSPS) is 16.7. The molecule has 0 spiro atoms. The van der Waals surface area contributed by atoms with Crippen LogP contribution in [0, 0.1) is 11.3 Å². The molecule has 128 valence electrons. The Bertz CT molecular complexity index is 780. The quantitative estimate of drug-likeness (QED) is 0.881. The van der Waals surface area contributed by atoms with E-state index in [1.807, 2.05) is 47.4 Å². The zero-order chi connectivity index (χ0) is 17.6. The van der Waals surface area contributed by atoms with Crippen LogP contribution in [0.3, 0.4) is 0 Å². The molecule has 1 atom stereocenters. The number of methoxy groups -OCH3 is 1. The summed E-state index contributed by atoms with van der Waals surface area (Å²) in [6, 6.07) is 17.2. The van der Waals surface area contributed by atoms with E-state index in [0.29, 0.717) is 18.7 Å². The Balaban J connectivity index is 1.55. The van der Waals surface area contributed by atoms with Crippen LogP contribution in [0.5, 0.6) is 5.75 Å². The van der Waals surface area contributed by atoms with Gasteiger partial charge in [0.15, 0.2) is 0 Å². The zero-order valence-corrected chi connectivity index (χ0v) is 14.2. The molecule has 3 rings (SSSR count). The predicted molar refractivity (Wildman–Crippen MR) is 94.8 cm³/mol. The van der Waals surface area contributed by atoms with Gasteiger partial charge < -0.3 is 15.0 Å². The fraction of sp³-hybridized carbons (Fsp3) is 0.300. The van der Waals surface area contributed by atoms with E-state index in [4.69, 9.17) is 10.00 Å². The van der Waals surface area contributed by atoms with Crippen molar-refractivity contribution in [2.45, 2.75) is 25.6 Å². The van der Waals surface area contributed by atoms with Crippen LogP contribution in [-0.4, -0.2) is 30.5 Å². The second-order valence-corrected chi connectivity index (χ2v) is 6.14. The number of nitriles is 1. The minimum absolute atomic E-state index is 0.121. The summed E-state index contributed by atoms with van der Waals surface area (Å²) in [4.78, 5) is 14.4. The van der Waals surface area contributed by atoms with Crippen LogP contribution in [0.25, 0.3) is 0 Å². The molecule has 1 heterocycles. The second kappa shape index (κ2) is 7.82. The Kier molecular flexibility index (Phi) is 5.32. The molecule has 0 unspecified atom stereocenters. The standard InChI is InChI=1S/C20H21N3O2/c1-25-18-7-5-15(6-8-18)13-22-19-9-10-23(20(19)24)14-17-4-2-3-16(11-17)12-21/h2-8,11,19,22H,9-10,13-14H2,1H3/t19-/m0/s1. The molecule has 0 saturated carbocycles. The van der Waals surface area contributed by atoms with Crippen molar-refractivity contribution in [2.24, 2.45) is 0 Å². The van der Waals surface area contributed by atoms with Crippen molar-refractivity contribution in [3.63, 3.8) is 0 Å². The van der Waals surface area contributed by atoms with Gasteiger partial charge in [-0.2, -0.15) is 5.26 Å². The van der Waals surface area contributed by atoms with Gasteiger partial charge in [-0.25, -0.2) is 0 Å². The SMILES string of the molecule is COc1ccc(CN[C@H]2CCN(Cc3cccc(C#N)c3)C2=O)cc1. The molecule has 5 nitrogen and oxygen atoms in total. The van der Waals surface area contributed by atoms with E-state index >= 15 is 0 Å². The summed E-state index contributed by atoms with van der Waals surface area (Å²) in [6.07, 6.45) is 0.799. The summed E-state index contributed by atoms with van der Waals surface area (Å²) >= 11 is 0. The van der Waals surface area contributed by atoms with Crippen molar-refractivity contribution in [2.75, 3.05) is 13.7 Å². The number of likely N-dealkylation sites (tertiary alicyclic amines) is 1. The van der Waals surface area contributed by atoms with Gasteiger partial charge in [0.05, 0.1) is 24.8 Å². The molecule has 0 radical (unpaired) electrons. The third-order valence-electron chi connectivity index (χ3n) is 4.44. The molecule has 1 saturated heterocycles. The van der Waals surface area contributed by atoms with E-state index in [1.54, 1.807) is 13.2 Å². The van der Waals surface area contributed by atoms with Crippen molar-refractivity contribution >= 4 is 5.91 Å². The highest BCUT2D eigenvalue weighted by Crippen LogP contribution is 2.17. The van der Waals surface area contributed by atoms with Crippen LogP contribution in [-0.2, 0) is 17.9 Å². The minimum Gasteiger partial charge on any atom is -0.497 e. The molecule has 0 aliphatic carbocycles. The van der Waals surface area contributed by atoms with Gasteiger partial charge in [0.1, 0.15) is 5.75 Å². The highest BCUT2D eigenvalue weighted by atomic mass is 16.5. The molecule has 1 fully saturated rings. The van der Waals surface area contributed by atoms with Crippen molar-refractivity contribution in [1.82, 2.24) is 10.2 Å². The number of ether oxygens (including phenoxy) is 1. The van der Waals surface area contributed by atoms with Crippen LogP contribution in [0.2, 0.25) is 0 Å². The number of hydrogen-bond acceptors (Lipinski definition) is 4. The Morgan fingerprint density at radius 2 is 2.04 bits per heavy atom. The lowest BCUT2D eigenvalue weighted by atomic mass is 10.1. The Hall–Kier alpha value is -2.84. The number of amides is 1. The van der Waals surface area contributed by atoms with Crippen LogP contribution in [0.4, 0.5) is 0 Å². The molecule has 1 N–H and O–H groups in total. The lowest BCUT2D eigenvalue weighted by Gasteiger charge is -2.17. The van der Waals surface area contributed by atoms with Gasteiger partial charge in [-0.05, 0) is 41.8 Å². The molecular weight excluding hydrogens is 314 g/mol. The van der Waals surface area contributed by atoms with Gasteiger partial charge in [-0.3, -0.25) is 4.79 Å². The molecule has 5 heteroatoms. The summed E-state index contributed by atoms with van der Waals surface area (Å²) < 4.78 is 5.15. The summed E-state index contributed by atoms with van der Waals surface area (Å²) in [6.45, 7) is 1.93. The maximum Gasteiger partial charge on any atom is 0.240 e. The number of nitrogens with one attached hydrogen (secondary N) is 1. The van der Waals surface area contributed by atoms with Gasteiger partial charge in [0, 0.05) is 19.6 Å². The summed E-state index contributed by atoms with van der Waals surface area (Å²) in [5.41, 5.74) is 2.73. The maximum absolute atomic E-state index is 12.6. The van der Waals surface area contributed by atoms with Crippen LogP contribution in [0.15, 0.2) is 48.5 Å². The average Bonchev–Trinajstić information content (AvgIpc) is 3.00. The smallest absolute Gasteiger partial charge is 0.240 e. The van der Waals surface area contributed by atoms with Crippen LogP contribution >= 0.6 is 0 Å². The first-order valence-electron chi connectivity index (χ1n) is 8.34. The first-order valence-corrected chi connectivity index (χ1v) is 8.34. The highest BCUT2D eigenvalue weighted by Gasteiger charge is 2.30. The number of rotatable bonds is 6.